The number of hydrogen-bond donors (Lipinski definition) is 2. The number of piperazine rings is 1. The standard InChI is InChI=1S/C19H31N5O3/c1-21(2)13-17(25)14-23-8-10-24(11-9-23)19(27)20-16-7-5-6-15(12-16)18(26)22(3)4/h5-7,12,17,25H,8-11,13-14H2,1-4H3,(H,20,27)/t17-/m1/s1. The molecule has 27 heavy (non-hydrogen) atoms. The highest BCUT2D eigenvalue weighted by Gasteiger charge is 2.23. The Hall–Kier alpha value is -2.16. The average molecular weight is 377 g/mol. The molecule has 1 aromatic carbocycles. The number of likely N-dealkylation sites (N-methyl/N-ethyl adjacent to an activating group) is 1. The lowest BCUT2D eigenvalue weighted by Gasteiger charge is -2.35. The fourth-order valence-electron chi connectivity index (χ4n) is 3.10. The first-order valence-corrected chi connectivity index (χ1v) is 9.19. The van der Waals surface area contributed by atoms with Gasteiger partial charge in [-0.3, -0.25) is 9.69 Å². The van der Waals surface area contributed by atoms with E-state index in [-0.39, 0.29) is 11.9 Å². The van der Waals surface area contributed by atoms with Crippen LogP contribution in [0.1, 0.15) is 10.4 Å². The maximum absolute atomic E-state index is 12.5. The third kappa shape index (κ3) is 6.50. The number of carbonyl (C=O) groups is 2. The second kappa shape index (κ2) is 9.68. The molecule has 1 aliphatic rings. The third-order valence-corrected chi connectivity index (χ3v) is 4.47. The van der Waals surface area contributed by atoms with E-state index in [1.807, 2.05) is 19.0 Å². The second-order valence-corrected chi connectivity index (χ2v) is 7.41. The zero-order chi connectivity index (χ0) is 20.0. The predicted molar refractivity (Wildman–Crippen MR) is 106 cm³/mol. The lowest BCUT2D eigenvalue weighted by molar-refractivity contribution is 0.0677. The van der Waals surface area contributed by atoms with Gasteiger partial charge in [0.2, 0.25) is 0 Å². The van der Waals surface area contributed by atoms with Crippen LogP contribution >= 0.6 is 0 Å². The van der Waals surface area contributed by atoms with Gasteiger partial charge >= 0.3 is 6.03 Å². The van der Waals surface area contributed by atoms with Crippen molar-refractivity contribution in [1.29, 1.82) is 0 Å². The molecule has 1 aromatic rings. The van der Waals surface area contributed by atoms with E-state index in [1.165, 1.54) is 4.90 Å². The normalized spacial score (nSPS) is 16.3. The summed E-state index contributed by atoms with van der Waals surface area (Å²) in [7, 11) is 7.27. The van der Waals surface area contributed by atoms with Crippen molar-refractivity contribution < 1.29 is 14.7 Å². The maximum Gasteiger partial charge on any atom is 0.321 e. The van der Waals surface area contributed by atoms with Crippen LogP contribution in [0.25, 0.3) is 0 Å². The molecular formula is C19H31N5O3. The molecule has 2 N–H and O–H groups in total. The maximum atomic E-state index is 12.5. The monoisotopic (exact) mass is 377 g/mol. The summed E-state index contributed by atoms with van der Waals surface area (Å²) in [5, 5.41) is 12.9. The number of nitrogens with zero attached hydrogens (tertiary/aromatic N) is 4. The lowest BCUT2D eigenvalue weighted by Crippen LogP contribution is -2.52. The molecule has 0 radical (unpaired) electrons. The Morgan fingerprint density at radius 3 is 2.41 bits per heavy atom. The molecule has 1 heterocycles. The molecule has 0 unspecified atom stereocenters. The number of urea groups is 1. The fourth-order valence-corrected chi connectivity index (χ4v) is 3.10. The van der Waals surface area contributed by atoms with Crippen molar-refractivity contribution >= 4 is 17.6 Å². The van der Waals surface area contributed by atoms with Crippen molar-refractivity contribution in [3.05, 3.63) is 29.8 Å². The van der Waals surface area contributed by atoms with Crippen molar-refractivity contribution in [1.82, 2.24) is 19.6 Å². The zero-order valence-electron chi connectivity index (χ0n) is 16.7. The van der Waals surface area contributed by atoms with Gasteiger partial charge in [-0.05, 0) is 32.3 Å². The quantitative estimate of drug-likeness (QED) is 0.753. The van der Waals surface area contributed by atoms with Gasteiger partial charge in [-0.25, -0.2) is 4.79 Å². The topological polar surface area (TPSA) is 79.4 Å². The molecule has 8 heteroatoms. The third-order valence-electron chi connectivity index (χ3n) is 4.47. The number of β-amino-alcohol motifs (C(OH)–C–C–N with tert-alkyl or cyclic N) is 1. The molecule has 0 aliphatic carbocycles. The highest BCUT2D eigenvalue weighted by atomic mass is 16.3. The Morgan fingerprint density at radius 1 is 1.15 bits per heavy atom. The molecule has 3 amide bonds. The summed E-state index contributed by atoms with van der Waals surface area (Å²) in [5.41, 5.74) is 1.15. The molecular weight excluding hydrogens is 346 g/mol. The van der Waals surface area contributed by atoms with Crippen LogP contribution in [0.2, 0.25) is 0 Å². The molecule has 1 aliphatic heterocycles. The lowest BCUT2D eigenvalue weighted by atomic mass is 10.2. The molecule has 0 bridgehead atoms. The molecule has 0 spiro atoms. The number of carbonyl (C=O) groups excluding carboxylic acids is 2. The number of rotatable bonds is 6. The van der Waals surface area contributed by atoms with Crippen molar-refractivity contribution in [3.8, 4) is 0 Å². The Labute approximate surface area is 161 Å². The number of nitrogens with one attached hydrogen (secondary N) is 1. The van der Waals surface area contributed by atoms with Crippen LogP contribution < -0.4 is 5.32 Å². The smallest absolute Gasteiger partial charge is 0.321 e. The van der Waals surface area contributed by atoms with Gasteiger partial charge in [-0.1, -0.05) is 6.07 Å². The number of aliphatic hydroxyl groups is 1. The van der Waals surface area contributed by atoms with Crippen molar-refractivity contribution in [2.75, 3.05) is 72.8 Å². The Balaban J connectivity index is 1.84. The van der Waals surface area contributed by atoms with Crippen LogP contribution in [-0.4, -0.2) is 110 Å². The van der Waals surface area contributed by atoms with E-state index < -0.39 is 6.10 Å². The minimum atomic E-state index is -0.391. The largest absolute Gasteiger partial charge is 0.390 e. The summed E-state index contributed by atoms with van der Waals surface area (Å²) < 4.78 is 0. The zero-order valence-corrected chi connectivity index (χ0v) is 16.7. The summed E-state index contributed by atoms with van der Waals surface area (Å²) in [6, 6.07) is 6.79. The van der Waals surface area contributed by atoms with Crippen molar-refractivity contribution in [2.24, 2.45) is 0 Å². The molecule has 8 nitrogen and oxygen atoms in total. The number of anilines is 1. The minimum Gasteiger partial charge on any atom is -0.390 e. The van der Waals surface area contributed by atoms with Crippen LogP contribution in [-0.2, 0) is 0 Å². The molecule has 0 aromatic heterocycles. The van der Waals surface area contributed by atoms with Crippen LogP contribution in [0, 0.1) is 0 Å². The van der Waals surface area contributed by atoms with E-state index >= 15 is 0 Å². The number of aliphatic hydroxyl groups excluding tert-OH is 1. The van der Waals surface area contributed by atoms with E-state index in [9.17, 15) is 14.7 Å². The van der Waals surface area contributed by atoms with E-state index in [1.54, 1.807) is 43.3 Å². The highest BCUT2D eigenvalue weighted by molar-refractivity contribution is 5.96. The van der Waals surface area contributed by atoms with E-state index in [0.29, 0.717) is 37.4 Å². The molecule has 1 saturated heterocycles. The highest BCUT2D eigenvalue weighted by Crippen LogP contribution is 2.13. The summed E-state index contributed by atoms with van der Waals surface area (Å²) >= 11 is 0. The SMILES string of the molecule is CN(C)C[C@@H](O)CN1CCN(C(=O)Nc2cccc(C(=O)N(C)C)c2)CC1. The fraction of sp³-hybridized carbons (Fsp3) is 0.579. The first kappa shape index (κ1) is 21.1. The van der Waals surface area contributed by atoms with Crippen LogP contribution in [0.15, 0.2) is 24.3 Å². The number of amides is 3. The van der Waals surface area contributed by atoms with Gasteiger partial charge in [0, 0.05) is 64.6 Å². The summed E-state index contributed by atoms with van der Waals surface area (Å²) in [5.74, 6) is -0.101. The molecule has 0 saturated carbocycles. The predicted octanol–water partition coefficient (Wildman–Crippen LogP) is 0.460. The average Bonchev–Trinajstić information content (AvgIpc) is 2.61. The van der Waals surface area contributed by atoms with Gasteiger partial charge in [0.1, 0.15) is 0 Å². The molecule has 1 fully saturated rings. The molecule has 1 atom stereocenters. The molecule has 2 rings (SSSR count). The van der Waals surface area contributed by atoms with Crippen LogP contribution in [0.4, 0.5) is 10.5 Å². The Morgan fingerprint density at radius 2 is 1.81 bits per heavy atom. The van der Waals surface area contributed by atoms with Gasteiger partial charge in [0.15, 0.2) is 0 Å². The van der Waals surface area contributed by atoms with Gasteiger partial charge in [0.05, 0.1) is 6.10 Å². The van der Waals surface area contributed by atoms with E-state index in [2.05, 4.69) is 10.2 Å². The number of benzene rings is 1. The molecule has 150 valence electrons. The first-order valence-electron chi connectivity index (χ1n) is 9.19. The first-order chi connectivity index (χ1) is 12.8. The van der Waals surface area contributed by atoms with Crippen molar-refractivity contribution in [3.63, 3.8) is 0 Å². The van der Waals surface area contributed by atoms with Crippen LogP contribution in [0.5, 0.6) is 0 Å². The number of hydrogen-bond acceptors (Lipinski definition) is 5. The van der Waals surface area contributed by atoms with Crippen molar-refractivity contribution in [2.45, 2.75) is 6.10 Å². The summed E-state index contributed by atoms with van der Waals surface area (Å²) in [4.78, 5) is 32.0. The van der Waals surface area contributed by atoms with E-state index in [4.69, 9.17) is 0 Å². The van der Waals surface area contributed by atoms with Gasteiger partial charge in [0.25, 0.3) is 5.91 Å². The van der Waals surface area contributed by atoms with Gasteiger partial charge in [-0.2, -0.15) is 0 Å². The summed E-state index contributed by atoms with van der Waals surface area (Å²) in [6.45, 7) is 3.92. The minimum absolute atomic E-state index is 0.101. The Bertz CT molecular complexity index is 642. The van der Waals surface area contributed by atoms with Gasteiger partial charge in [-0.15, -0.1) is 0 Å². The van der Waals surface area contributed by atoms with E-state index in [0.717, 1.165) is 13.1 Å². The summed E-state index contributed by atoms with van der Waals surface area (Å²) in [6.07, 6.45) is -0.391. The second-order valence-electron chi connectivity index (χ2n) is 7.41. The van der Waals surface area contributed by atoms with Gasteiger partial charge < -0.3 is 25.1 Å². The Kier molecular flexibility index (Phi) is 7.58. The van der Waals surface area contributed by atoms with Crippen LogP contribution in [0.3, 0.4) is 0 Å².